The highest BCUT2D eigenvalue weighted by molar-refractivity contribution is 7.89. The largest absolute Gasteiger partial charge is 0.238 e. The Balaban J connectivity index is 2.53. The molecule has 0 aliphatic carbocycles. The summed E-state index contributed by atoms with van der Waals surface area (Å²) in [5.74, 6) is -0.0132. The van der Waals surface area contributed by atoms with Gasteiger partial charge in [-0.15, -0.1) is 0 Å². The van der Waals surface area contributed by atoms with Gasteiger partial charge in [0.05, 0.1) is 4.90 Å². The van der Waals surface area contributed by atoms with Crippen molar-refractivity contribution < 1.29 is 8.42 Å². The second-order valence-corrected chi connectivity index (χ2v) is 5.75. The van der Waals surface area contributed by atoms with Crippen molar-refractivity contribution in [2.45, 2.75) is 17.7 Å². The Morgan fingerprint density at radius 1 is 0.944 bits per heavy atom. The van der Waals surface area contributed by atoms with Crippen LogP contribution in [-0.2, 0) is 10.0 Å². The van der Waals surface area contributed by atoms with Crippen molar-refractivity contribution in [3.05, 3.63) is 65.7 Å². The van der Waals surface area contributed by atoms with E-state index in [2.05, 4.69) is 0 Å². The second-order valence-electron chi connectivity index (χ2n) is 4.22. The number of hydrogen-bond donors (Lipinski definition) is 1. The van der Waals surface area contributed by atoms with Crippen molar-refractivity contribution in [1.29, 1.82) is 0 Å². The molecular formula is C14H15NO2S. The van der Waals surface area contributed by atoms with Gasteiger partial charge in [0.1, 0.15) is 0 Å². The first-order valence-electron chi connectivity index (χ1n) is 5.67. The molecule has 0 unspecified atom stereocenters. The van der Waals surface area contributed by atoms with E-state index in [0.717, 1.165) is 11.1 Å². The molecule has 0 bridgehead atoms. The topological polar surface area (TPSA) is 60.2 Å². The van der Waals surface area contributed by atoms with E-state index in [4.69, 9.17) is 5.14 Å². The van der Waals surface area contributed by atoms with E-state index < -0.39 is 10.0 Å². The van der Waals surface area contributed by atoms with Gasteiger partial charge < -0.3 is 0 Å². The minimum atomic E-state index is -3.69. The van der Waals surface area contributed by atoms with Crippen LogP contribution in [0.25, 0.3) is 0 Å². The molecule has 0 fully saturated rings. The molecule has 2 aromatic carbocycles. The highest BCUT2D eigenvalue weighted by Gasteiger charge is 2.18. The minimum absolute atomic E-state index is 0.0132. The number of hydrogen-bond acceptors (Lipinski definition) is 2. The van der Waals surface area contributed by atoms with Gasteiger partial charge in [0, 0.05) is 5.92 Å². The number of nitrogens with two attached hydrogens (primary N) is 1. The van der Waals surface area contributed by atoms with Crippen molar-refractivity contribution >= 4 is 10.0 Å². The molecule has 18 heavy (non-hydrogen) atoms. The molecule has 4 heteroatoms. The van der Waals surface area contributed by atoms with E-state index in [9.17, 15) is 8.42 Å². The fourth-order valence-electron chi connectivity index (χ4n) is 2.02. The molecule has 0 spiro atoms. The first-order chi connectivity index (χ1) is 8.50. The number of sulfonamides is 1. The Kier molecular flexibility index (Phi) is 3.50. The molecule has 0 saturated carbocycles. The number of primary sulfonamides is 1. The van der Waals surface area contributed by atoms with Crippen LogP contribution in [0, 0.1) is 0 Å². The van der Waals surface area contributed by atoms with Crippen LogP contribution in [0.2, 0.25) is 0 Å². The second kappa shape index (κ2) is 4.92. The van der Waals surface area contributed by atoms with Crippen molar-refractivity contribution in [3.63, 3.8) is 0 Å². The Bertz CT molecular complexity index is 636. The Morgan fingerprint density at radius 2 is 1.50 bits per heavy atom. The summed E-state index contributed by atoms with van der Waals surface area (Å²) in [5.41, 5.74) is 1.79. The highest BCUT2D eigenvalue weighted by Crippen LogP contribution is 2.28. The van der Waals surface area contributed by atoms with Crippen LogP contribution in [0.3, 0.4) is 0 Å². The summed E-state index contributed by atoms with van der Waals surface area (Å²) < 4.78 is 23.1. The molecule has 2 aromatic rings. The molecule has 0 aliphatic rings. The zero-order valence-corrected chi connectivity index (χ0v) is 10.9. The van der Waals surface area contributed by atoms with Crippen molar-refractivity contribution in [1.82, 2.24) is 0 Å². The zero-order chi connectivity index (χ0) is 13.2. The summed E-state index contributed by atoms with van der Waals surface area (Å²) in [5, 5.41) is 5.25. The molecule has 3 nitrogen and oxygen atoms in total. The van der Waals surface area contributed by atoms with E-state index in [1.807, 2.05) is 43.3 Å². The molecule has 0 aromatic heterocycles. The molecule has 0 saturated heterocycles. The minimum Gasteiger partial charge on any atom is -0.225 e. The lowest BCUT2D eigenvalue weighted by atomic mass is 9.93. The predicted molar refractivity (Wildman–Crippen MR) is 71.8 cm³/mol. The zero-order valence-electron chi connectivity index (χ0n) is 10.1. The molecule has 0 aliphatic heterocycles. The fourth-order valence-corrected chi connectivity index (χ4v) is 2.86. The van der Waals surface area contributed by atoms with Crippen molar-refractivity contribution in [2.75, 3.05) is 0 Å². The molecule has 94 valence electrons. The van der Waals surface area contributed by atoms with Gasteiger partial charge in [-0.05, 0) is 17.2 Å². The summed E-state index contributed by atoms with van der Waals surface area (Å²) >= 11 is 0. The quantitative estimate of drug-likeness (QED) is 0.922. The highest BCUT2D eigenvalue weighted by atomic mass is 32.2. The lowest BCUT2D eigenvalue weighted by molar-refractivity contribution is 0.596. The predicted octanol–water partition coefficient (Wildman–Crippen LogP) is 2.49. The lowest BCUT2D eigenvalue weighted by Crippen LogP contribution is -2.15. The van der Waals surface area contributed by atoms with Gasteiger partial charge in [0.15, 0.2) is 0 Å². The maximum atomic E-state index is 11.6. The van der Waals surface area contributed by atoms with Crippen molar-refractivity contribution in [3.8, 4) is 0 Å². The third kappa shape index (κ3) is 2.60. The Labute approximate surface area is 107 Å². The van der Waals surface area contributed by atoms with Gasteiger partial charge in [-0.25, -0.2) is 13.6 Å². The molecule has 2 rings (SSSR count). The summed E-state index contributed by atoms with van der Waals surface area (Å²) in [6.45, 7) is 1.97. The molecule has 2 N–H and O–H groups in total. The Morgan fingerprint density at radius 3 is 2.11 bits per heavy atom. The Hall–Kier alpha value is -1.65. The maximum absolute atomic E-state index is 11.6. The van der Waals surface area contributed by atoms with Gasteiger partial charge >= 0.3 is 0 Å². The normalized spacial score (nSPS) is 13.2. The van der Waals surface area contributed by atoms with Gasteiger partial charge in [-0.1, -0.05) is 55.5 Å². The average Bonchev–Trinajstić information content (AvgIpc) is 2.38. The van der Waals surface area contributed by atoms with Crippen LogP contribution >= 0.6 is 0 Å². The van der Waals surface area contributed by atoms with Gasteiger partial charge in [-0.2, -0.15) is 0 Å². The van der Waals surface area contributed by atoms with Crippen LogP contribution < -0.4 is 5.14 Å². The summed E-state index contributed by atoms with van der Waals surface area (Å²) in [4.78, 5) is 0.196. The summed E-state index contributed by atoms with van der Waals surface area (Å²) in [7, 11) is -3.69. The third-order valence-electron chi connectivity index (χ3n) is 2.99. The van der Waals surface area contributed by atoms with Gasteiger partial charge in [-0.3, -0.25) is 0 Å². The van der Waals surface area contributed by atoms with Crippen molar-refractivity contribution in [2.24, 2.45) is 5.14 Å². The van der Waals surface area contributed by atoms with E-state index in [1.165, 1.54) is 0 Å². The fraction of sp³-hybridized carbons (Fsp3) is 0.143. The van der Waals surface area contributed by atoms with Gasteiger partial charge in [0.25, 0.3) is 0 Å². The molecule has 0 heterocycles. The monoisotopic (exact) mass is 261 g/mol. The first-order valence-corrected chi connectivity index (χ1v) is 7.21. The average molecular weight is 261 g/mol. The van der Waals surface area contributed by atoms with Gasteiger partial charge in [0.2, 0.25) is 10.0 Å². The third-order valence-corrected chi connectivity index (χ3v) is 3.98. The standard InChI is InChI=1S/C14H15NO2S/c1-11(12-7-3-2-4-8-12)13-9-5-6-10-14(13)18(15,16)17/h2-11H,1H3,(H2,15,16,17)/t11-/m0/s1. The number of benzene rings is 2. The van der Waals surface area contributed by atoms with Crippen LogP contribution in [0.1, 0.15) is 24.0 Å². The summed E-state index contributed by atoms with van der Waals surface area (Å²) in [6.07, 6.45) is 0. The lowest BCUT2D eigenvalue weighted by Gasteiger charge is -2.15. The van der Waals surface area contributed by atoms with E-state index in [1.54, 1.807) is 18.2 Å². The van der Waals surface area contributed by atoms with E-state index >= 15 is 0 Å². The first kappa shape index (κ1) is 12.8. The van der Waals surface area contributed by atoms with Crippen LogP contribution in [-0.4, -0.2) is 8.42 Å². The maximum Gasteiger partial charge on any atom is 0.238 e. The van der Waals surface area contributed by atoms with E-state index in [0.29, 0.717) is 0 Å². The molecule has 1 atom stereocenters. The molecule has 0 amide bonds. The van der Waals surface area contributed by atoms with Crippen LogP contribution in [0.15, 0.2) is 59.5 Å². The van der Waals surface area contributed by atoms with Crippen LogP contribution in [0.4, 0.5) is 0 Å². The van der Waals surface area contributed by atoms with Crippen LogP contribution in [0.5, 0.6) is 0 Å². The smallest absolute Gasteiger partial charge is 0.225 e. The number of rotatable bonds is 3. The van der Waals surface area contributed by atoms with E-state index in [-0.39, 0.29) is 10.8 Å². The summed E-state index contributed by atoms with van der Waals surface area (Å²) in [6, 6.07) is 16.6. The SMILES string of the molecule is C[C@@H](c1ccccc1)c1ccccc1S(N)(=O)=O. The molecular weight excluding hydrogens is 246 g/mol. The molecule has 0 radical (unpaired) electrons.